The second-order valence-corrected chi connectivity index (χ2v) is 6.84. The molecule has 0 amide bonds. The Hall–Kier alpha value is -0.870. The number of hydrogen-bond donors (Lipinski definition) is 1. The summed E-state index contributed by atoms with van der Waals surface area (Å²) in [7, 11) is 0. The van der Waals surface area contributed by atoms with Gasteiger partial charge < -0.3 is 15.0 Å². The number of nitrogens with zero attached hydrogens (tertiary/aromatic N) is 2. The third-order valence-corrected chi connectivity index (χ3v) is 5.25. The highest BCUT2D eigenvalue weighted by atomic mass is 16.5. The fourth-order valence-corrected chi connectivity index (χ4v) is 3.99. The van der Waals surface area contributed by atoms with Crippen molar-refractivity contribution in [2.45, 2.75) is 51.6 Å². The summed E-state index contributed by atoms with van der Waals surface area (Å²) in [5.74, 6) is 2.01. The summed E-state index contributed by atoms with van der Waals surface area (Å²) in [5.41, 5.74) is 7.68. The monoisotopic (exact) mass is 277 g/mol. The molecule has 0 radical (unpaired) electrons. The maximum atomic E-state index is 6.48. The average molecular weight is 277 g/mol. The minimum atomic E-state index is 0.0616. The Morgan fingerprint density at radius 1 is 1.35 bits per heavy atom. The number of ether oxygens (including phenoxy) is 1. The van der Waals surface area contributed by atoms with Crippen molar-refractivity contribution in [1.82, 2.24) is 9.55 Å². The fraction of sp³-hybridized carbons (Fsp3) is 0.812. The van der Waals surface area contributed by atoms with Gasteiger partial charge in [0.05, 0.1) is 24.7 Å². The lowest BCUT2D eigenvalue weighted by Crippen LogP contribution is -2.30. The molecule has 2 aliphatic rings. The molecule has 4 nitrogen and oxygen atoms in total. The van der Waals surface area contributed by atoms with Crippen LogP contribution in [0.15, 0.2) is 12.5 Å². The first-order chi connectivity index (χ1) is 9.66. The van der Waals surface area contributed by atoms with Crippen molar-refractivity contribution < 1.29 is 4.74 Å². The second-order valence-electron chi connectivity index (χ2n) is 6.84. The number of nitrogens with two attached hydrogens (primary N) is 1. The Morgan fingerprint density at radius 2 is 2.20 bits per heavy atom. The van der Waals surface area contributed by atoms with Crippen molar-refractivity contribution >= 4 is 0 Å². The van der Waals surface area contributed by atoms with Crippen LogP contribution >= 0.6 is 0 Å². The van der Waals surface area contributed by atoms with E-state index in [1.54, 1.807) is 0 Å². The van der Waals surface area contributed by atoms with Crippen molar-refractivity contribution in [1.29, 1.82) is 0 Å². The Morgan fingerprint density at radius 3 is 2.90 bits per heavy atom. The van der Waals surface area contributed by atoms with E-state index in [4.69, 9.17) is 10.5 Å². The van der Waals surface area contributed by atoms with Crippen LogP contribution in [0.4, 0.5) is 0 Å². The zero-order chi connectivity index (χ0) is 14.1. The van der Waals surface area contributed by atoms with Gasteiger partial charge in [0.1, 0.15) is 0 Å². The van der Waals surface area contributed by atoms with E-state index in [0.29, 0.717) is 17.9 Å². The zero-order valence-electron chi connectivity index (χ0n) is 12.7. The molecule has 1 aromatic heterocycles. The molecule has 5 atom stereocenters. The molecule has 2 heterocycles. The highest BCUT2D eigenvalue weighted by Crippen LogP contribution is 2.38. The summed E-state index contributed by atoms with van der Waals surface area (Å²) in [5, 5.41) is 0. The summed E-state index contributed by atoms with van der Waals surface area (Å²) < 4.78 is 7.85. The number of rotatable bonds is 3. The zero-order valence-corrected chi connectivity index (χ0v) is 12.7. The Labute approximate surface area is 121 Å². The van der Waals surface area contributed by atoms with Gasteiger partial charge >= 0.3 is 0 Å². The summed E-state index contributed by atoms with van der Waals surface area (Å²) in [4.78, 5) is 4.39. The van der Waals surface area contributed by atoms with Crippen LogP contribution in [0.1, 0.15) is 57.3 Å². The van der Waals surface area contributed by atoms with Gasteiger partial charge in [-0.25, -0.2) is 4.98 Å². The lowest BCUT2D eigenvalue weighted by molar-refractivity contribution is 0.176. The van der Waals surface area contributed by atoms with E-state index in [1.807, 2.05) is 12.5 Å². The SMILES string of the molecule is CC1CCC(n2cncc2C(N)C2CCOC2)C(C)C1. The van der Waals surface area contributed by atoms with E-state index < -0.39 is 0 Å². The van der Waals surface area contributed by atoms with Crippen molar-refractivity contribution in [3.05, 3.63) is 18.2 Å². The lowest BCUT2D eigenvalue weighted by Gasteiger charge is -2.35. The third kappa shape index (κ3) is 2.63. The van der Waals surface area contributed by atoms with Crippen molar-refractivity contribution in [2.24, 2.45) is 23.5 Å². The van der Waals surface area contributed by atoms with Gasteiger partial charge in [-0.05, 0) is 37.5 Å². The normalized spacial score (nSPS) is 36.1. The van der Waals surface area contributed by atoms with Gasteiger partial charge in [0.15, 0.2) is 0 Å². The van der Waals surface area contributed by atoms with Gasteiger partial charge in [0.25, 0.3) is 0 Å². The molecule has 3 rings (SSSR count). The van der Waals surface area contributed by atoms with Crippen LogP contribution in [-0.2, 0) is 4.74 Å². The standard InChI is InChI=1S/C16H27N3O/c1-11-3-4-14(12(2)7-11)19-10-18-8-15(19)16(17)13-5-6-20-9-13/h8,10-14,16H,3-7,9,17H2,1-2H3. The topological polar surface area (TPSA) is 53.1 Å². The third-order valence-electron chi connectivity index (χ3n) is 5.25. The van der Waals surface area contributed by atoms with Crippen LogP contribution in [0.25, 0.3) is 0 Å². The lowest BCUT2D eigenvalue weighted by atomic mass is 9.79. The fourth-order valence-electron chi connectivity index (χ4n) is 3.99. The smallest absolute Gasteiger partial charge is 0.0951 e. The van der Waals surface area contributed by atoms with E-state index >= 15 is 0 Å². The summed E-state index contributed by atoms with van der Waals surface area (Å²) in [6, 6.07) is 0.628. The molecule has 5 unspecified atom stereocenters. The molecule has 1 aliphatic carbocycles. The van der Waals surface area contributed by atoms with Crippen LogP contribution in [-0.4, -0.2) is 22.8 Å². The predicted molar refractivity (Wildman–Crippen MR) is 79.3 cm³/mol. The van der Waals surface area contributed by atoms with Crippen LogP contribution in [0.3, 0.4) is 0 Å². The number of imidazole rings is 1. The second kappa shape index (κ2) is 5.86. The molecule has 2 N–H and O–H groups in total. The van der Waals surface area contributed by atoms with Crippen molar-refractivity contribution in [3.63, 3.8) is 0 Å². The molecule has 20 heavy (non-hydrogen) atoms. The van der Waals surface area contributed by atoms with Crippen LogP contribution in [0.5, 0.6) is 0 Å². The minimum absolute atomic E-state index is 0.0616. The Bertz CT molecular complexity index is 439. The molecular formula is C16H27N3O. The number of hydrogen-bond acceptors (Lipinski definition) is 3. The summed E-state index contributed by atoms with van der Waals surface area (Å²) >= 11 is 0. The molecule has 0 spiro atoms. The molecule has 1 saturated heterocycles. The van der Waals surface area contributed by atoms with Gasteiger partial charge in [-0.3, -0.25) is 0 Å². The van der Waals surface area contributed by atoms with Crippen LogP contribution in [0, 0.1) is 17.8 Å². The number of aromatic nitrogens is 2. The predicted octanol–water partition coefficient (Wildman–Crippen LogP) is 2.92. The molecule has 0 bridgehead atoms. The van der Waals surface area contributed by atoms with Crippen molar-refractivity contribution in [3.8, 4) is 0 Å². The molecule has 0 aromatic carbocycles. The molecular weight excluding hydrogens is 250 g/mol. The first-order valence-electron chi connectivity index (χ1n) is 8.02. The highest BCUT2D eigenvalue weighted by molar-refractivity contribution is 5.09. The van der Waals surface area contributed by atoms with Gasteiger partial charge in [-0.2, -0.15) is 0 Å². The molecule has 4 heteroatoms. The minimum Gasteiger partial charge on any atom is -0.381 e. The van der Waals surface area contributed by atoms with E-state index in [2.05, 4.69) is 23.4 Å². The highest BCUT2D eigenvalue weighted by Gasteiger charge is 2.31. The summed E-state index contributed by atoms with van der Waals surface area (Å²) in [6.07, 6.45) is 8.90. The van der Waals surface area contributed by atoms with Gasteiger partial charge in [0.2, 0.25) is 0 Å². The first-order valence-corrected chi connectivity index (χ1v) is 8.02. The molecule has 2 fully saturated rings. The first kappa shape index (κ1) is 14.1. The summed E-state index contributed by atoms with van der Waals surface area (Å²) in [6.45, 7) is 6.38. The van der Waals surface area contributed by atoms with Crippen LogP contribution < -0.4 is 5.73 Å². The van der Waals surface area contributed by atoms with E-state index in [1.165, 1.54) is 25.0 Å². The molecule has 1 aliphatic heterocycles. The molecule has 112 valence electrons. The van der Waals surface area contributed by atoms with E-state index in [-0.39, 0.29) is 6.04 Å². The Kier molecular flexibility index (Phi) is 4.13. The maximum Gasteiger partial charge on any atom is 0.0951 e. The molecule has 1 aromatic rings. The Balaban J connectivity index is 1.79. The largest absolute Gasteiger partial charge is 0.381 e. The van der Waals surface area contributed by atoms with E-state index in [9.17, 15) is 0 Å². The maximum absolute atomic E-state index is 6.48. The van der Waals surface area contributed by atoms with E-state index in [0.717, 1.165) is 25.6 Å². The van der Waals surface area contributed by atoms with Crippen molar-refractivity contribution in [2.75, 3.05) is 13.2 Å². The quantitative estimate of drug-likeness (QED) is 0.924. The van der Waals surface area contributed by atoms with Crippen LogP contribution in [0.2, 0.25) is 0 Å². The van der Waals surface area contributed by atoms with Gasteiger partial charge in [0, 0.05) is 24.8 Å². The van der Waals surface area contributed by atoms with Gasteiger partial charge in [-0.1, -0.05) is 13.8 Å². The van der Waals surface area contributed by atoms with Gasteiger partial charge in [-0.15, -0.1) is 0 Å². The molecule has 1 saturated carbocycles. The average Bonchev–Trinajstić information content (AvgIpc) is 3.09.